The maximum absolute atomic E-state index is 13.9. The maximum Gasteiger partial charge on any atom is 0.472 e. The molecular weight excluding hydrogens is 936 g/mol. The van der Waals surface area contributed by atoms with Crippen LogP contribution >= 0.6 is 15.6 Å². The molecule has 8 unspecified atom stereocenters. The van der Waals surface area contributed by atoms with Crippen LogP contribution in [0.15, 0.2) is 34.9 Å². The molecule has 0 radical (unpaired) electrons. The molecular formula is C34H45N15O16P2. The van der Waals surface area contributed by atoms with Gasteiger partial charge in [-0.15, -0.1) is 0 Å². The first-order valence-electron chi connectivity index (χ1n) is 20.2. The Hall–Kier alpha value is -5.37. The quantitative estimate of drug-likeness (QED) is 0.0530. The van der Waals surface area contributed by atoms with Crippen LogP contribution in [-0.2, 0) is 50.9 Å². The first-order chi connectivity index (χ1) is 31.9. The van der Waals surface area contributed by atoms with Gasteiger partial charge in [-0.1, -0.05) is 6.92 Å². The van der Waals surface area contributed by atoms with E-state index < -0.39 is 120 Å². The van der Waals surface area contributed by atoms with Crippen LogP contribution in [0.4, 0.5) is 17.7 Å². The van der Waals surface area contributed by atoms with Gasteiger partial charge in [0.25, 0.3) is 11.1 Å². The number of hydrogen-bond donors (Lipinski definition) is 8. The lowest BCUT2D eigenvalue weighted by Gasteiger charge is -2.27. The standard InChI is InChI=1S/C34H45N15O16P2/c1-12-15(62-31(20(12)57-3)48-10-41-18-26(48)43-33(36)45-28(18)51)6-59-67(55,56)65-22-14(5-50)30(47-9-40-17-24(35)38-8-39-25(17)47)63-16(22)7-60-66(53,54)64-21-13(2)61-32(23(21)58-4)49-11-42-19-27(49)44-34(37)46-29(19)52/h8-16,20-23,30-32,50H,5-7H2,1-4H3,(H,53,54)(H,55,56)(H2,35,38,39)(H3,36,43,45,51)(H3,37,44,46,52)/t12?,13-,14?,15-,16-,20?,21?,22?,23?,30-,31-,32-/m1/s1. The van der Waals surface area contributed by atoms with Gasteiger partial charge in [0.1, 0.15) is 48.6 Å². The Morgan fingerprint density at radius 1 is 0.672 bits per heavy atom. The van der Waals surface area contributed by atoms with E-state index in [0.717, 1.165) is 0 Å². The normalized spacial score (nSPS) is 30.7. The number of phosphoric ester groups is 2. The first kappa shape index (κ1) is 46.7. The lowest BCUT2D eigenvalue weighted by atomic mass is 10.0. The van der Waals surface area contributed by atoms with E-state index >= 15 is 0 Å². The molecule has 0 aliphatic carbocycles. The third-order valence-electron chi connectivity index (χ3n) is 11.8. The SMILES string of the molecule is COC1C(OP(=O)(O)OC[C@H]2O[C@@H](n3cnc4c(N)ncnc43)C(CO)C2OP(=O)(O)OC[C@H]2O[C@@H](n3cnc4c(=O)[nH]c(N)nc43)C(OC)C2C)[C@@H](C)O[C@H]1n1cnc2c(=O)[nH]c(N)nc21. The molecule has 0 aromatic carbocycles. The number of nitrogens with two attached hydrogens (primary N) is 3. The third kappa shape index (κ3) is 8.60. The average Bonchev–Trinajstić information content (AvgIpc) is 4.13. The fourth-order valence-electron chi connectivity index (χ4n) is 8.58. The molecule has 362 valence electrons. The Bertz CT molecular complexity index is 3020. The van der Waals surface area contributed by atoms with Crippen molar-refractivity contribution in [1.29, 1.82) is 0 Å². The summed E-state index contributed by atoms with van der Waals surface area (Å²) in [7, 11) is -7.56. The second-order valence-corrected chi connectivity index (χ2v) is 18.6. The number of nitrogens with one attached hydrogen (secondary N) is 2. The predicted molar refractivity (Wildman–Crippen MR) is 225 cm³/mol. The zero-order valence-electron chi connectivity index (χ0n) is 35.6. The number of nitrogens with zero attached hydrogens (tertiary/aromatic N) is 10. The van der Waals surface area contributed by atoms with Crippen molar-refractivity contribution in [3.63, 3.8) is 0 Å². The van der Waals surface area contributed by atoms with Crippen LogP contribution in [-0.4, -0.2) is 150 Å². The molecule has 14 atom stereocenters. The van der Waals surface area contributed by atoms with Crippen molar-refractivity contribution in [2.24, 2.45) is 11.8 Å². The van der Waals surface area contributed by atoms with E-state index in [0.29, 0.717) is 0 Å². The Kier molecular flexibility index (Phi) is 12.5. The predicted octanol–water partition coefficient (Wildman–Crippen LogP) is -1.17. The van der Waals surface area contributed by atoms with Crippen molar-refractivity contribution in [1.82, 2.24) is 58.6 Å². The van der Waals surface area contributed by atoms with Gasteiger partial charge in [0.2, 0.25) is 11.9 Å². The van der Waals surface area contributed by atoms with Crippen LogP contribution in [0.25, 0.3) is 33.5 Å². The van der Waals surface area contributed by atoms with Crippen molar-refractivity contribution < 1.29 is 65.8 Å². The van der Waals surface area contributed by atoms with Crippen LogP contribution in [0.3, 0.4) is 0 Å². The highest BCUT2D eigenvalue weighted by molar-refractivity contribution is 7.47. The number of anilines is 3. The Labute approximate surface area is 375 Å². The summed E-state index contributed by atoms with van der Waals surface area (Å²) < 4.78 is 84.1. The van der Waals surface area contributed by atoms with Gasteiger partial charge in [-0.25, -0.2) is 34.0 Å². The number of H-pyrrole nitrogens is 2. The van der Waals surface area contributed by atoms with Crippen LogP contribution in [0.1, 0.15) is 32.5 Å². The van der Waals surface area contributed by atoms with Crippen molar-refractivity contribution in [2.75, 3.05) is 51.2 Å². The highest BCUT2D eigenvalue weighted by Gasteiger charge is 2.53. The number of aromatic amines is 2. The van der Waals surface area contributed by atoms with Gasteiger partial charge >= 0.3 is 15.6 Å². The molecule has 67 heavy (non-hydrogen) atoms. The maximum atomic E-state index is 13.9. The molecule has 0 saturated carbocycles. The van der Waals surface area contributed by atoms with Gasteiger partial charge in [-0.2, -0.15) is 9.97 Å². The van der Waals surface area contributed by atoms with E-state index in [1.807, 2.05) is 0 Å². The van der Waals surface area contributed by atoms with Crippen molar-refractivity contribution in [3.05, 3.63) is 46.0 Å². The van der Waals surface area contributed by atoms with E-state index in [-0.39, 0.29) is 51.2 Å². The number of imidazole rings is 3. The average molecular weight is 982 g/mol. The van der Waals surface area contributed by atoms with Gasteiger partial charge in [-0.3, -0.25) is 51.4 Å². The lowest BCUT2D eigenvalue weighted by molar-refractivity contribution is -0.0635. The minimum Gasteiger partial charge on any atom is -0.396 e. The minimum atomic E-state index is -5.16. The summed E-state index contributed by atoms with van der Waals surface area (Å²) in [6.07, 6.45) is -6.27. The molecule has 3 aliphatic rings. The molecule has 0 spiro atoms. The van der Waals surface area contributed by atoms with Gasteiger partial charge in [0, 0.05) is 20.1 Å². The van der Waals surface area contributed by atoms with Crippen LogP contribution < -0.4 is 28.3 Å². The fourth-order valence-corrected chi connectivity index (χ4v) is 10.6. The zero-order valence-corrected chi connectivity index (χ0v) is 37.4. The molecule has 3 aliphatic heterocycles. The summed E-state index contributed by atoms with van der Waals surface area (Å²) >= 11 is 0. The van der Waals surface area contributed by atoms with Gasteiger partial charge in [0.05, 0.1) is 56.9 Å². The third-order valence-corrected chi connectivity index (χ3v) is 13.7. The van der Waals surface area contributed by atoms with E-state index in [1.165, 1.54) is 60.2 Å². The topological polar surface area (TPSA) is 427 Å². The van der Waals surface area contributed by atoms with Crippen LogP contribution in [0.2, 0.25) is 0 Å². The molecule has 31 nitrogen and oxygen atoms in total. The molecule has 33 heteroatoms. The molecule has 0 amide bonds. The highest BCUT2D eigenvalue weighted by atomic mass is 31.2. The second-order valence-electron chi connectivity index (χ2n) is 15.8. The number of ether oxygens (including phenoxy) is 5. The number of hydrogen-bond acceptors (Lipinski definition) is 24. The minimum absolute atomic E-state index is 0.00998. The summed E-state index contributed by atoms with van der Waals surface area (Å²) in [6, 6.07) is 0. The summed E-state index contributed by atoms with van der Waals surface area (Å²) in [4.78, 5) is 81.0. The molecule has 0 bridgehead atoms. The van der Waals surface area contributed by atoms with Crippen LogP contribution in [0.5, 0.6) is 0 Å². The monoisotopic (exact) mass is 981 g/mol. The molecule has 3 fully saturated rings. The molecule has 9 rings (SSSR count). The number of phosphoric acid groups is 2. The molecule has 9 heterocycles. The van der Waals surface area contributed by atoms with Crippen molar-refractivity contribution in [2.45, 2.75) is 75.3 Å². The summed E-state index contributed by atoms with van der Waals surface area (Å²) in [5, 5.41) is 10.8. The lowest BCUT2D eigenvalue weighted by Crippen LogP contribution is -2.36. The smallest absolute Gasteiger partial charge is 0.396 e. The Morgan fingerprint density at radius 3 is 1.75 bits per heavy atom. The summed E-state index contributed by atoms with van der Waals surface area (Å²) in [6.45, 7) is 1.15. The Morgan fingerprint density at radius 2 is 1.18 bits per heavy atom. The second kappa shape index (κ2) is 17.9. The first-order valence-corrected chi connectivity index (χ1v) is 23.2. The van der Waals surface area contributed by atoms with Crippen LogP contribution in [0, 0.1) is 11.8 Å². The molecule has 6 aromatic rings. The largest absolute Gasteiger partial charge is 0.472 e. The number of aliphatic hydroxyl groups is 1. The number of rotatable bonds is 16. The molecule has 3 saturated heterocycles. The van der Waals surface area contributed by atoms with E-state index in [2.05, 4.69) is 44.9 Å². The molecule has 6 aromatic heterocycles. The van der Waals surface area contributed by atoms with Crippen molar-refractivity contribution >= 4 is 66.9 Å². The Balaban J connectivity index is 0.933. The number of aliphatic hydroxyl groups excluding tert-OH is 1. The highest BCUT2D eigenvalue weighted by Crippen LogP contribution is 2.54. The van der Waals surface area contributed by atoms with Gasteiger partial charge in [0.15, 0.2) is 46.2 Å². The van der Waals surface area contributed by atoms with E-state index in [1.54, 1.807) is 6.92 Å². The van der Waals surface area contributed by atoms with E-state index in [9.17, 15) is 33.6 Å². The van der Waals surface area contributed by atoms with Gasteiger partial charge < -0.3 is 55.8 Å². The number of aromatic nitrogens is 12. The molecule has 11 N–H and O–H groups in total. The van der Waals surface area contributed by atoms with E-state index in [4.69, 9.17) is 59.0 Å². The fraction of sp³-hybridized carbons (Fsp3) is 0.559. The zero-order chi connectivity index (χ0) is 47.7. The van der Waals surface area contributed by atoms with Crippen molar-refractivity contribution in [3.8, 4) is 0 Å². The summed E-state index contributed by atoms with van der Waals surface area (Å²) in [5.41, 5.74) is 16.8. The number of fused-ring (bicyclic) bond motifs is 3. The number of methoxy groups -OCH3 is 2. The van der Waals surface area contributed by atoms with Gasteiger partial charge in [-0.05, 0) is 6.92 Å². The summed E-state index contributed by atoms with van der Waals surface area (Å²) in [5.74, 6) is -2.05. The number of nitrogen functional groups attached to an aromatic ring is 3.